The number of hydrogen-bond acceptors (Lipinski definition) is 6. The third-order valence-electron chi connectivity index (χ3n) is 4.17. The van der Waals surface area contributed by atoms with E-state index in [-0.39, 0.29) is 6.10 Å². The Kier molecular flexibility index (Phi) is 3.46. The molecule has 1 aliphatic heterocycles. The topological polar surface area (TPSA) is 73.1 Å². The molecule has 3 heterocycles. The molecule has 0 saturated heterocycles. The SMILES string of the molecule is Cc1nc(NC[C@H]2OCCc3ccccc32)c2c(C)noc2n1. The lowest BCUT2D eigenvalue weighted by atomic mass is 9.97. The zero-order valence-electron chi connectivity index (χ0n) is 13.2. The molecule has 1 aliphatic rings. The van der Waals surface area contributed by atoms with Crippen LogP contribution in [0.2, 0.25) is 0 Å². The molecule has 0 amide bonds. The highest BCUT2D eigenvalue weighted by molar-refractivity contribution is 5.87. The molecule has 2 aromatic heterocycles. The zero-order valence-corrected chi connectivity index (χ0v) is 13.2. The highest BCUT2D eigenvalue weighted by Gasteiger charge is 2.21. The summed E-state index contributed by atoms with van der Waals surface area (Å²) in [5, 5.41) is 8.20. The van der Waals surface area contributed by atoms with Gasteiger partial charge in [0.25, 0.3) is 5.71 Å². The minimum absolute atomic E-state index is 0.0189. The Labute approximate surface area is 133 Å². The fraction of sp³-hybridized carbons (Fsp3) is 0.353. The highest BCUT2D eigenvalue weighted by atomic mass is 16.5. The molecule has 4 rings (SSSR count). The molecule has 0 spiro atoms. The molecular formula is C17H18N4O2. The molecule has 0 aliphatic carbocycles. The first-order chi connectivity index (χ1) is 11.2. The fourth-order valence-electron chi connectivity index (χ4n) is 3.06. The average molecular weight is 310 g/mol. The quantitative estimate of drug-likeness (QED) is 0.802. The van der Waals surface area contributed by atoms with Crippen molar-refractivity contribution in [3.05, 3.63) is 46.9 Å². The Morgan fingerprint density at radius 3 is 3.00 bits per heavy atom. The predicted octanol–water partition coefficient (Wildman–Crippen LogP) is 2.96. The summed E-state index contributed by atoms with van der Waals surface area (Å²) in [7, 11) is 0. The normalized spacial score (nSPS) is 17.2. The van der Waals surface area contributed by atoms with Crippen LogP contribution in [0.15, 0.2) is 28.8 Å². The van der Waals surface area contributed by atoms with Gasteiger partial charge in [0.1, 0.15) is 17.0 Å². The largest absolute Gasteiger partial charge is 0.371 e. The van der Waals surface area contributed by atoms with Gasteiger partial charge in [-0.15, -0.1) is 0 Å². The standard InChI is InChI=1S/C17H18N4O2/c1-10-15-16(19-11(2)20-17(15)23-21-10)18-9-14-13-6-4-3-5-12(13)7-8-22-14/h3-6,14H,7-9H2,1-2H3,(H,18,19,20)/t14-/m1/s1. The first-order valence-electron chi connectivity index (χ1n) is 7.76. The second kappa shape index (κ2) is 5.62. The maximum absolute atomic E-state index is 5.94. The number of aryl methyl sites for hydroxylation is 2. The molecule has 1 N–H and O–H groups in total. The number of anilines is 1. The van der Waals surface area contributed by atoms with E-state index in [0.717, 1.165) is 29.9 Å². The van der Waals surface area contributed by atoms with Crippen molar-refractivity contribution in [2.45, 2.75) is 26.4 Å². The number of hydrogen-bond donors (Lipinski definition) is 1. The van der Waals surface area contributed by atoms with E-state index in [4.69, 9.17) is 9.26 Å². The monoisotopic (exact) mass is 310 g/mol. The van der Waals surface area contributed by atoms with Gasteiger partial charge in [0.15, 0.2) is 0 Å². The van der Waals surface area contributed by atoms with Crippen LogP contribution in [0.5, 0.6) is 0 Å². The van der Waals surface area contributed by atoms with Crippen LogP contribution in [-0.4, -0.2) is 28.3 Å². The highest BCUT2D eigenvalue weighted by Crippen LogP contribution is 2.29. The molecule has 23 heavy (non-hydrogen) atoms. The Morgan fingerprint density at radius 2 is 2.09 bits per heavy atom. The average Bonchev–Trinajstić information content (AvgIpc) is 2.93. The van der Waals surface area contributed by atoms with Crippen molar-refractivity contribution in [1.82, 2.24) is 15.1 Å². The Hall–Kier alpha value is -2.47. The molecule has 0 fully saturated rings. The molecular weight excluding hydrogens is 292 g/mol. The van der Waals surface area contributed by atoms with E-state index in [0.29, 0.717) is 18.1 Å². The van der Waals surface area contributed by atoms with Crippen LogP contribution in [0.1, 0.15) is 28.7 Å². The van der Waals surface area contributed by atoms with Crippen molar-refractivity contribution in [2.75, 3.05) is 18.5 Å². The van der Waals surface area contributed by atoms with Crippen LogP contribution in [0.3, 0.4) is 0 Å². The molecule has 118 valence electrons. The minimum Gasteiger partial charge on any atom is -0.371 e. The number of fused-ring (bicyclic) bond motifs is 2. The smallest absolute Gasteiger partial charge is 0.263 e. The lowest BCUT2D eigenvalue weighted by Crippen LogP contribution is -2.23. The Bertz CT molecular complexity index is 859. The van der Waals surface area contributed by atoms with E-state index in [1.807, 2.05) is 13.8 Å². The van der Waals surface area contributed by atoms with Gasteiger partial charge in [-0.25, -0.2) is 4.98 Å². The van der Waals surface area contributed by atoms with E-state index >= 15 is 0 Å². The minimum atomic E-state index is 0.0189. The van der Waals surface area contributed by atoms with Crippen LogP contribution < -0.4 is 5.32 Å². The molecule has 0 saturated carbocycles. The number of benzene rings is 1. The van der Waals surface area contributed by atoms with Crippen LogP contribution >= 0.6 is 0 Å². The molecule has 1 atom stereocenters. The predicted molar refractivity (Wildman–Crippen MR) is 86.4 cm³/mol. The summed E-state index contributed by atoms with van der Waals surface area (Å²) in [5.74, 6) is 1.40. The third-order valence-corrected chi connectivity index (χ3v) is 4.17. The molecule has 1 aromatic carbocycles. The summed E-state index contributed by atoms with van der Waals surface area (Å²) < 4.78 is 11.2. The van der Waals surface area contributed by atoms with Crippen molar-refractivity contribution in [3.8, 4) is 0 Å². The lowest BCUT2D eigenvalue weighted by molar-refractivity contribution is 0.0513. The number of rotatable bonds is 3. The summed E-state index contributed by atoms with van der Waals surface area (Å²) in [4.78, 5) is 8.77. The number of nitrogens with one attached hydrogen (secondary N) is 1. The summed E-state index contributed by atoms with van der Waals surface area (Å²) >= 11 is 0. The molecule has 0 radical (unpaired) electrons. The maximum atomic E-state index is 5.94. The molecule has 3 aromatic rings. The maximum Gasteiger partial charge on any atom is 0.263 e. The second-order valence-electron chi connectivity index (χ2n) is 5.76. The van der Waals surface area contributed by atoms with Crippen LogP contribution in [0.4, 0.5) is 5.82 Å². The van der Waals surface area contributed by atoms with Gasteiger partial charge in [0.05, 0.1) is 18.4 Å². The van der Waals surface area contributed by atoms with Crippen LogP contribution in [0, 0.1) is 13.8 Å². The number of nitrogens with zero attached hydrogens (tertiary/aromatic N) is 3. The van der Waals surface area contributed by atoms with Crippen molar-refractivity contribution >= 4 is 16.9 Å². The van der Waals surface area contributed by atoms with E-state index in [1.54, 1.807) is 0 Å². The summed E-state index contributed by atoms with van der Waals surface area (Å²) in [6.07, 6.45) is 0.985. The number of ether oxygens (including phenoxy) is 1. The molecule has 6 heteroatoms. The van der Waals surface area contributed by atoms with Crippen molar-refractivity contribution < 1.29 is 9.26 Å². The van der Waals surface area contributed by atoms with Crippen molar-refractivity contribution in [2.24, 2.45) is 0 Å². The van der Waals surface area contributed by atoms with E-state index in [9.17, 15) is 0 Å². The zero-order chi connectivity index (χ0) is 15.8. The van der Waals surface area contributed by atoms with Gasteiger partial charge in [-0.2, -0.15) is 4.98 Å². The third kappa shape index (κ3) is 2.55. The van der Waals surface area contributed by atoms with Crippen LogP contribution in [-0.2, 0) is 11.2 Å². The van der Waals surface area contributed by atoms with Crippen molar-refractivity contribution in [3.63, 3.8) is 0 Å². The van der Waals surface area contributed by atoms with Gasteiger partial charge in [-0.1, -0.05) is 29.4 Å². The van der Waals surface area contributed by atoms with Gasteiger partial charge in [-0.05, 0) is 31.4 Å². The summed E-state index contributed by atoms with van der Waals surface area (Å²) in [6, 6.07) is 8.43. The van der Waals surface area contributed by atoms with Gasteiger partial charge in [0, 0.05) is 6.54 Å². The van der Waals surface area contributed by atoms with E-state index < -0.39 is 0 Å². The lowest BCUT2D eigenvalue weighted by Gasteiger charge is -2.26. The molecule has 0 unspecified atom stereocenters. The second-order valence-corrected chi connectivity index (χ2v) is 5.76. The Morgan fingerprint density at radius 1 is 1.22 bits per heavy atom. The van der Waals surface area contributed by atoms with Gasteiger partial charge in [-0.3, -0.25) is 0 Å². The van der Waals surface area contributed by atoms with E-state index in [2.05, 4.69) is 44.7 Å². The van der Waals surface area contributed by atoms with Crippen molar-refractivity contribution in [1.29, 1.82) is 0 Å². The van der Waals surface area contributed by atoms with E-state index in [1.165, 1.54) is 11.1 Å². The summed E-state index contributed by atoms with van der Waals surface area (Å²) in [6.45, 7) is 5.12. The fourth-order valence-corrected chi connectivity index (χ4v) is 3.06. The Balaban J connectivity index is 1.62. The summed E-state index contributed by atoms with van der Waals surface area (Å²) in [5.41, 5.74) is 3.90. The number of aromatic nitrogens is 3. The first kappa shape index (κ1) is 14.1. The van der Waals surface area contributed by atoms with Gasteiger partial charge in [0.2, 0.25) is 0 Å². The first-order valence-corrected chi connectivity index (χ1v) is 7.76. The van der Waals surface area contributed by atoms with Crippen LogP contribution in [0.25, 0.3) is 11.1 Å². The van der Waals surface area contributed by atoms with Gasteiger partial charge < -0.3 is 14.6 Å². The molecule has 0 bridgehead atoms. The van der Waals surface area contributed by atoms with Gasteiger partial charge >= 0.3 is 0 Å². The molecule has 6 nitrogen and oxygen atoms in total.